The monoisotopic (exact) mass is 448 g/mol. The van der Waals surface area contributed by atoms with E-state index in [1.807, 2.05) is 0 Å². The van der Waals surface area contributed by atoms with E-state index in [0.717, 1.165) is 23.8 Å². The zero-order valence-corrected chi connectivity index (χ0v) is 18.3. The second-order valence-electron chi connectivity index (χ2n) is 7.44. The summed E-state index contributed by atoms with van der Waals surface area (Å²) in [4.78, 5) is 37.2. The number of hydrogen-bond donors (Lipinski definition) is 2. The minimum absolute atomic E-state index is 0.210. The number of rotatable bonds is 9. The van der Waals surface area contributed by atoms with Crippen LogP contribution in [0, 0.1) is 17.6 Å². The molecule has 0 heterocycles. The standard InChI is InChI=1S/C23H26F2N2O5/c1-13(2)20(27-22(29)19-17(24)6-5-7-18(19)25)23(30)32-14(3)21(28)26-12-15-8-10-16(31-4)11-9-15/h5-11,13-14,20H,12H2,1-4H3,(H,26,28)(H,27,29)/t14-,20-/m0/s1. The highest BCUT2D eigenvalue weighted by Gasteiger charge is 2.30. The summed E-state index contributed by atoms with van der Waals surface area (Å²) in [6, 6.07) is 8.86. The number of hydrogen-bond acceptors (Lipinski definition) is 5. The van der Waals surface area contributed by atoms with Crippen molar-refractivity contribution in [1.29, 1.82) is 0 Å². The van der Waals surface area contributed by atoms with Crippen molar-refractivity contribution < 1.29 is 32.6 Å². The van der Waals surface area contributed by atoms with Gasteiger partial charge in [-0.3, -0.25) is 9.59 Å². The van der Waals surface area contributed by atoms with Crippen molar-refractivity contribution in [2.45, 2.75) is 39.5 Å². The van der Waals surface area contributed by atoms with Gasteiger partial charge in [-0.1, -0.05) is 32.0 Å². The topological polar surface area (TPSA) is 93.7 Å². The zero-order chi connectivity index (χ0) is 23.8. The van der Waals surface area contributed by atoms with E-state index in [1.165, 1.54) is 6.92 Å². The summed E-state index contributed by atoms with van der Waals surface area (Å²) in [7, 11) is 1.55. The quantitative estimate of drug-likeness (QED) is 0.576. The van der Waals surface area contributed by atoms with Crippen molar-refractivity contribution in [1.82, 2.24) is 10.6 Å². The fourth-order valence-electron chi connectivity index (χ4n) is 2.80. The molecule has 2 atom stereocenters. The van der Waals surface area contributed by atoms with Crippen LogP contribution in [0.15, 0.2) is 42.5 Å². The molecule has 2 amide bonds. The van der Waals surface area contributed by atoms with Gasteiger partial charge in [0.05, 0.1) is 7.11 Å². The summed E-state index contributed by atoms with van der Waals surface area (Å²) < 4.78 is 38.0. The predicted octanol–water partition coefficient (Wildman–Crippen LogP) is 2.98. The van der Waals surface area contributed by atoms with E-state index in [1.54, 1.807) is 45.2 Å². The third-order valence-corrected chi connectivity index (χ3v) is 4.68. The normalized spacial score (nSPS) is 12.6. The molecule has 0 fully saturated rings. The highest BCUT2D eigenvalue weighted by atomic mass is 19.1. The van der Waals surface area contributed by atoms with E-state index < -0.39 is 53.0 Å². The third kappa shape index (κ3) is 6.50. The van der Waals surface area contributed by atoms with E-state index in [9.17, 15) is 23.2 Å². The molecule has 172 valence electrons. The lowest BCUT2D eigenvalue weighted by Gasteiger charge is -2.23. The number of carbonyl (C=O) groups excluding carboxylic acids is 3. The molecule has 2 aromatic rings. The number of ether oxygens (including phenoxy) is 2. The number of nitrogens with one attached hydrogen (secondary N) is 2. The second-order valence-corrected chi connectivity index (χ2v) is 7.44. The Balaban J connectivity index is 1.97. The Labute approximate surface area is 185 Å². The van der Waals surface area contributed by atoms with Crippen LogP contribution in [-0.4, -0.2) is 37.0 Å². The van der Waals surface area contributed by atoms with Crippen LogP contribution in [0.3, 0.4) is 0 Å². The van der Waals surface area contributed by atoms with Gasteiger partial charge in [0, 0.05) is 6.54 Å². The van der Waals surface area contributed by atoms with Crippen LogP contribution < -0.4 is 15.4 Å². The van der Waals surface area contributed by atoms with E-state index in [2.05, 4.69) is 10.6 Å². The summed E-state index contributed by atoms with van der Waals surface area (Å²) in [6.07, 6.45) is -1.15. The predicted molar refractivity (Wildman–Crippen MR) is 113 cm³/mol. The largest absolute Gasteiger partial charge is 0.497 e. The number of esters is 1. The first-order valence-corrected chi connectivity index (χ1v) is 10.00. The highest BCUT2D eigenvalue weighted by Crippen LogP contribution is 2.14. The van der Waals surface area contributed by atoms with Crippen LogP contribution in [0.1, 0.15) is 36.7 Å². The molecule has 0 saturated carbocycles. The first-order chi connectivity index (χ1) is 15.1. The fourth-order valence-corrected chi connectivity index (χ4v) is 2.80. The maximum atomic E-state index is 13.9. The van der Waals surface area contributed by atoms with Gasteiger partial charge in [0.2, 0.25) is 0 Å². The van der Waals surface area contributed by atoms with E-state index in [0.29, 0.717) is 5.75 Å². The molecule has 7 nitrogen and oxygen atoms in total. The molecule has 2 aromatic carbocycles. The van der Waals surface area contributed by atoms with Gasteiger partial charge in [0.25, 0.3) is 11.8 Å². The van der Waals surface area contributed by atoms with E-state index >= 15 is 0 Å². The average molecular weight is 448 g/mol. The van der Waals surface area contributed by atoms with Gasteiger partial charge >= 0.3 is 5.97 Å². The molecule has 0 aliphatic heterocycles. The lowest BCUT2D eigenvalue weighted by atomic mass is 10.0. The summed E-state index contributed by atoms with van der Waals surface area (Å²) in [5.41, 5.74) is 0.0214. The average Bonchev–Trinajstić information content (AvgIpc) is 2.75. The molecule has 2 rings (SSSR count). The number of methoxy groups -OCH3 is 1. The molecule has 0 aliphatic carbocycles. The van der Waals surface area contributed by atoms with Crippen LogP contribution in [-0.2, 0) is 20.9 Å². The summed E-state index contributed by atoms with van der Waals surface area (Å²) >= 11 is 0. The molecule has 2 N–H and O–H groups in total. The first kappa shape index (κ1) is 24.8. The Hall–Kier alpha value is -3.49. The summed E-state index contributed by atoms with van der Waals surface area (Å²) in [5.74, 6) is -4.40. The molecule has 0 spiro atoms. The smallest absolute Gasteiger partial charge is 0.329 e. The molecule has 0 aromatic heterocycles. The van der Waals surface area contributed by atoms with Crippen LogP contribution in [0.25, 0.3) is 0 Å². The molecule has 0 saturated heterocycles. The molecular weight excluding hydrogens is 422 g/mol. The van der Waals surface area contributed by atoms with Gasteiger partial charge in [0.1, 0.15) is 29.0 Å². The Morgan fingerprint density at radius 2 is 1.56 bits per heavy atom. The zero-order valence-electron chi connectivity index (χ0n) is 18.3. The maximum absolute atomic E-state index is 13.9. The maximum Gasteiger partial charge on any atom is 0.329 e. The Kier molecular flexibility index (Phi) is 8.69. The van der Waals surface area contributed by atoms with Crippen molar-refractivity contribution in [3.63, 3.8) is 0 Å². The molecule has 0 bridgehead atoms. The molecule has 9 heteroatoms. The lowest BCUT2D eigenvalue weighted by molar-refractivity contribution is -0.157. The van der Waals surface area contributed by atoms with Crippen molar-refractivity contribution in [2.24, 2.45) is 5.92 Å². The minimum Gasteiger partial charge on any atom is -0.497 e. The van der Waals surface area contributed by atoms with Gasteiger partial charge in [-0.25, -0.2) is 13.6 Å². The number of halogens is 2. The summed E-state index contributed by atoms with van der Waals surface area (Å²) in [6.45, 7) is 4.84. The van der Waals surface area contributed by atoms with Crippen LogP contribution >= 0.6 is 0 Å². The molecular formula is C23H26F2N2O5. The Bertz CT molecular complexity index is 943. The van der Waals surface area contributed by atoms with Gasteiger partial charge < -0.3 is 20.1 Å². The minimum atomic E-state index is -1.21. The molecule has 0 aliphatic rings. The molecule has 32 heavy (non-hydrogen) atoms. The third-order valence-electron chi connectivity index (χ3n) is 4.68. The van der Waals surface area contributed by atoms with Crippen molar-refractivity contribution in [3.8, 4) is 5.75 Å². The highest BCUT2D eigenvalue weighted by molar-refractivity contribution is 5.97. The SMILES string of the molecule is COc1ccc(CNC(=O)[C@H](C)OC(=O)[C@@H](NC(=O)c2c(F)cccc2F)C(C)C)cc1. The van der Waals surface area contributed by atoms with Gasteiger partial charge in [-0.2, -0.15) is 0 Å². The van der Waals surface area contributed by atoms with Crippen LogP contribution in [0.2, 0.25) is 0 Å². The van der Waals surface area contributed by atoms with Crippen molar-refractivity contribution in [2.75, 3.05) is 7.11 Å². The van der Waals surface area contributed by atoms with E-state index in [4.69, 9.17) is 9.47 Å². The fraction of sp³-hybridized carbons (Fsp3) is 0.348. The van der Waals surface area contributed by atoms with E-state index in [-0.39, 0.29) is 6.54 Å². The first-order valence-electron chi connectivity index (χ1n) is 10.00. The Morgan fingerprint density at radius 3 is 2.09 bits per heavy atom. The number of amides is 2. The van der Waals surface area contributed by atoms with Crippen molar-refractivity contribution >= 4 is 17.8 Å². The van der Waals surface area contributed by atoms with Gasteiger partial charge in [0.15, 0.2) is 6.10 Å². The summed E-state index contributed by atoms with van der Waals surface area (Å²) in [5, 5.41) is 4.94. The number of carbonyl (C=O) groups is 3. The van der Waals surface area contributed by atoms with Crippen molar-refractivity contribution in [3.05, 3.63) is 65.2 Å². The molecule has 0 unspecified atom stereocenters. The van der Waals surface area contributed by atoms with Gasteiger partial charge in [-0.15, -0.1) is 0 Å². The molecule has 0 radical (unpaired) electrons. The van der Waals surface area contributed by atoms with Crippen LogP contribution in [0.5, 0.6) is 5.75 Å². The lowest BCUT2D eigenvalue weighted by Crippen LogP contribution is -2.48. The number of benzene rings is 2. The van der Waals surface area contributed by atoms with Gasteiger partial charge in [-0.05, 0) is 42.7 Å². The van der Waals surface area contributed by atoms with Crippen LogP contribution in [0.4, 0.5) is 8.78 Å². The Morgan fingerprint density at radius 1 is 0.969 bits per heavy atom. The second kappa shape index (κ2) is 11.2.